The van der Waals surface area contributed by atoms with Crippen molar-refractivity contribution < 1.29 is 23.1 Å². The van der Waals surface area contributed by atoms with E-state index >= 15 is 0 Å². The molecule has 172 valence electrons. The monoisotopic (exact) mass is 439 g/mol. The second kappa shape index (κ2) is 12.1. The lowest BCUT2D eigenvalue weighted by Crippen LogP contribution is -2.50. The predicted molar refractivity (Wildman–Crippen MR) is 114 cm³/mol. The highest BCUT2D eigenvalue weighted by Crippen LogP contribution is 2.12. The van der Waals surface area contributed by atoms with Crippen LogP contribution in [-0.4, -0.2) is 80.7 Å². The number of ether oxygens (including phenoxy) is 1. The lowest BCUT2D eigenvalue weighted by molar-refractivity contribution is -0.127. The maximum absolute atomic E-state index is 13.8. The fourth-order valence-corrected chi connectivity index (χ4v) is 3.11. The number of likely N-dealkylation sites (N-methyl/N-ethyl adjacent to an activating group) is 1. The van der Waals surface area contributed by atoms with Gasteiger partial charge in [-0.3, -0.25) is 4.79 Å². The van der Waals surface area contributed by atoms with Crippen LogP contribution in [0.5, 0.6) is 0 Å². The average molecular weight is 440 g/mol. The third-order valence-corrected chi connectivity index (χ3v) is 4.93. The molecule has 0 unspecified atom stereocenters. The van der Waals surface area contributed by atoms with E-state index in [0.29, 0.717) is 45.0 Å². The molecule has 1 aromatic rings. The maximum atomic E-state index is 13.8. The van der Waals surface area contributed by atoms with E-state index in [9.17, 15) is 18.4 Å². The molecule has 2 rings (SSSR count). The Kier molecular flexibility index (Phi) is 9.48. The van der Waals surface area contributed by atoms with Crippen molar-refractivity contribution in [1.82, 2.24) is 20.4 Å². The van der Waals surface area contributed by atoms with E-state index in [1.165, 1.54) is 11.0 Å². The molecule has 0 aromatic heterocycles. The number of nitrogens with zero attached hydrogens (tertiary/aromatic N) is 3. The van der Waals surface area contributed by atoms with Gasteiger partial charge in [0.25, 0.3) is 0 Å². The van der Waals surface area contributed by atoms with Gasteiger partial charge in [0.1, 0.15) is 18.2 Å². The Hall–Kier alpha value is -2.91. The van der Waals surface area contributed by atoms with Gasteiger partial charge < -0.3 is 25.2 Å². The number of guanidine groups is 1. The van der Waals surface area contributed by atoms with Crippen molar-refractivity contribution in [3.8, 4) is 0 Å². The van der Waals surface area contributed by atoms with Crippen LogP contribution < -0.4 is 10.6 Å². The first-order valence-corrected chi connectivity index (χ1v) is 10.4. The molecule has 1 fully saturated rings. The number of aliphatic imine (C=N–C) groups is 1. The van der Waals surface area contributed by atoms with Crippen LogP contribution in [0.4, 0.5) is 13.6 Å². The molecule has 1 heterocycles. The summed E-state index contributed by atoms with van der Waals surface area (Å²) in [6.45, 7) is 3.47. The number of hydrogen-bond acceptors (Lipinski definition) is 4. The van der Waals surface area contributed by atoms with Gasteiger partial charge in [0, 0.05) is 39.8 Å². The van der Waals surface area contributed by atoms with E-state index in [2.05, 4.69) is 15.6 Å². The van der Waals surface area contributed by atoms with E-state index in [4.69, 9.17) is 4.74 Å². The third kappa shape index (κ3) is 8.03. The number of likely N-dealkylation sites (tertiary alicyclic amines) is 1. The molecule has 0 radical (unpaired) electrons. The molecular weight excluding hydrogens is 408 g/mol. The van der Waals surface area contributed by atoms with Crippen molar-refractivity contribution in [3.05, 3.63) is 35.4 Å². The second-order valence-electron chi connectivity index (χ2n) is 7.47. The summed E-state index contributed by atoms with van der Waals surface area (Å²) in [6.07, 6.45) is 1.33. The molecule has 0 atom stereocenters. The first kappa shape index (κ1) is 24.4. The minimum Gasteiger partial charge on any atom is -0.450 e. The molecule has 10 heteroatoms. The smallest absolute Gasteiger partial charge is 0.409 e. The van der Waals surface area contributed by atoms with Gasteiger partial charge in [0.2, 0.25) is 5.91 Å². The number of carbonyl (C=O) groups excluding carboxylic acids is 2. The van der Waals surface area contributed by atoms with Crippen LogP contribution in [0.3, 0.4) is 0 Å². The van der Waals surface area contributed by atoms with E-state index in [-0.39, 0.29) is 36.6 Å². The van der Waals surface area contributed by atoms with Crippen LogP contribution in [0, 0.1) is 11.6 Å². The summed E-state index contributed by atoms with van der Waals surface area (Å²) in [5.74, 6) is -0.701. The molecule has 31 heavy (non-hydrogen) atoms. The largest absolute Gasteiger partial charge is 0.450 e. The van der Waals surface area contributed by atoms with E-state index in [1.54, 1.807) is 25.9 Å². The summed E-state index contributed by atoms with van der Waals surface area (Å²) >= 11 is 0. The lowest BCUT2D eigenvalue weighted by atomic mass is 10.1. The minimum atomic E-state index is -0.492. The Morgan fingerprint density at radius 3 is 2.61 bits per heavy atom. The minimum absolute atomic E-state index is 0.0433. The zero-order chi connectivity index (χ0) is 22.8. The molecule has 8 nitrogen and oxygen atoms in total. The number of carbonyl (C=O) groups is 2. The number of piperidine rings is 1. The van der Waals surface area contributed by atoms with Crippen molar-refractivity contribution in [2.45, 2.75) is 32.2 Å². The van der Waals surface area contributed by atoms with Crippen molar-refractivity contribution in [2.24, 2.45) is 4.99 Å². The highest BCUT2D eigenvalue weighted by molar-refractivity contribution is 5.85. The standard InChI is InChI=1S/C21H31F2N5O3/c1-4-31-21(30)28-11-8-17(9-12-28)26-20(25-14-19(29)27(2)3)24-10-7-15-13-16(22)5-6-18(15)23/h5-6,13,17H,4,7-12,14H2,1-3H3,(H2,24,25,26). The average Bonchev–Trinajstić information content (AvgIpc) is 2.74. The molecule has 0 bridgehead atoms. The van der Waals surface area contributed by atoms with Crippen molar-refractivity contribution in [3.63, 3.8) is 0 Å². The summed E-state index contributed by atoms with van der Waals surface area (Å²) in [6, 6.07) is 3.40. The molecule has 2 amide bonds. The van der Waals surface area contributed by atoms with Gasteiger partial charge in [0.05, 0.1) is 6.61 Å². The van der Waals surface area contributed by atoms with E-state index < -0.39 is 11.6 Å². The van der Waals surface area contributed by atoms with Gasteiger partial charge in [0.15, 0.2) is 5.96 Å². The summed E-state index contributed by atoms with van der Waals surface area (Å²) in [7, 11) is 3.30. The fraction of sp³-hybridized carbons (Fsp3) is 0.571. The van der Waals surface area contributed by atoms with Crippen LogP contribution >= 0.6 is 0 Å². The number of halogens is 2. The van der Waals surface area contributed by atoms with Gasteiger partial charge in [-0.1, -0.05) is 0 Å². The van der Waals surface area contributed by atoms with Crippen molar-refractivity contribution in [1.29, 1.82) is 0 Å². The first-order chi connectivity index (χ1) is 14.8. The molecule has 2 N–H and O–H groups in total. The highest BCUT2D eigenvalue weighted by Gasteiger charge is 2.24. The van der Waals surface area contributed by atoms with Gasteiger partial charge in [-0.25, -0.2) is 18.6 Å². The van der Waals surface area contributed by atoms with Crippen LogP contribution in [-0.2, 0) is 16.0 Å². The Morgan fingerprint density at radius 1 is 1.26 bits per heavy atom. The molecule has 1 aliphatic heterocycles. The number of benzene rings is 1. The molecule has 0 spiro atoms. The highest BCUT2D eigenvalue weighted by atomic mass is 19.1. The fourth-order valence-electron chi connectivity index (χ4n) is 3.11. The summed E-state index contributed by atoms with van der Waals surface area (Å²) in [4.78, 5) is 31.2. The van der Waals surface area contributed by atoms with Gasteiger partial charge in [-0.15, -0.1) is 0 Å². The molecule has 0 saturated carbocycles. The van der Waals surface area contributed by atoms with Crippen LogP contribution in [0.25, 0.3) is 0 Å². The zero-order valence-electron chi connectivity index (χ0n) is 18.3. The van der Waals surface area contributed by atoms with Gasteiger partial charge in [-0.05, 0) is 49.9 Å². The zero-order valence-corrected chi connectivity index (χ0v) is 18.3. The number of amides is 2. The molecule has 1 aromatic carbocycles. The van der Waals surface area contributed by atoms with Gasteiger partial charge in [-0.2, -0.15) is 0 Å². The topological polar surface area (TPSA) is 86.3 Å². The third-order valence-electron chi connectivity index (χ3n) is 4.93. The Bertz CT molecular complexity index is 780. The van der Waals surface area contributed by atoms with Crippen molar-refractivity contribution >= 4 is 18.0 Å². The Balaban J connectivity index is 1.94. The SMILES string of the molecule is CCOC(=O)N1CCC(NC(=NCC(=O)N(C)C)NCCc2cc(F)ccc2F)CC1. The Morgan fingerprint density at radius 2 is 1.97 bits per heavy atom. The maximum Gasteiger partial charge on any atom is 0.409 e. The van der Waals surface area contributed by atoms with E-state index in [0.717, 1.165) is 12.1 Å². The summed E-state index contributed by atoms with van der Waals surface area (Å²) < 4.78 is 32.2. The van der Waals surface area contributed by atoms with Crippen molar-refractivity contribution in [2.75, 3.05) is 46.9 Å². The predicted octanol–water partition coefficient (Wildman–Crippen LogP) is 1.75. The van der Waals surface area contributed by atoms with Crippen LogP contribution in [0.2, 0.25) is 0 Å². The molecule has 1 aliphatic rings. The van der Waals surface area contributed by atoms with Gasteiger partial charge >= 0.3 is 6.09 Å². The normalized spacial score (nSPS) is 14.9. The number of nitrogens with one attached hydrogen (secondary N) is 2. The van der Waals surface area contributed by atoms with Crippen LogP contribution in [0.1, 0.15) is 25.3 Å². The quantitative estimate of drug-likeness (QED) is 0.499. The number of hydrogen-bond donors (Lipinski definition) is 2. The summed E-state index contributed by atoms with van der Waals surface area (Å²) in [5, 5.41) is 6.36. The second-order valence-corrected chi connectivity index (χ2v) is 7.47. The number of rotatable bonds is 7. The molecule has 1 saturated heterocycles. The Labute approximate surface area is 181 Å². The lowest BCUT2D eigenvalue weighted by Gasteiger charge is -2.32. The molecular formula is C21H31F2N5O3. The first-order valence-electron chi connectivity index (χ1n) is 10.4. The summed E-state index contributed by atoms with van der Waals surface area (Å²) in [5.41, 5.74) is 0.263. The van der Waals surface area contributed by atoms with E-state index in [1.807, 2.05) is 0 Å². The van der Waals surface area contributed by atoms with Crippen LogP contribution in [0.15, 0.2) is 23.2 Å². The molecule has 0 aliphatic carbocycles.